The Morgan fingerprint density at radius 1 is 1.76 bits per heavy atom. The zero-order valence-electron chi connectivity index (χ0n) is 9.44. The number of nitrogens with zero attached hydrogens (tertiary/aromatic N) is 3. The largest absolute Gasteiger partial charge is 0.340 e. The number of carbonyl (C=O) groups excluding carboxylic acids is 1. The maximum absolute atomic E-state index is 12.0. The molecule has 0 aliphatic rings. The molecule has 0 spiro atoms. The van der Waals surface area contributed by atoms with Crippen molar-refractivity contribution < 1.29 is 4.79 Å². The number of pyridine rings is 1. The number of halogens is 2. The van der Waals surface area contributed by atoms with Gasteiger partial charge in [0.05, 0.1) is 17.6 Å². The third-order valence-electron chi connectivity index (χ3n) is 2.15. The highest BCUT2D eigenvalue weighted by molar-refractivity contribution is 9.10. The van der Waals surface area contributed by atoms with Gasteiger partial charge in [-0.15, -0.1) is 0 Å². The smallest absolute Gasteiger partial charge is 0.256 e. The summed E-state index contributed by atoms with van der Waals surface area (Å²) in [4.78, 5) is 17.4. The number of aromatic nitrogens is 1. The lowest BCUT2D eigenvalue weighted by Crippen LogP contribution is -2.31. The number of rotatable bonds is 3. The van der Waals surface area contributed by atoms with Crippen LogP contribution in [0.3, 0.4) is 0 Å². The predicted octanol–water partition coefficient (Wildman–Crippen LogP) is 2.73. The van der Waals surface area contributed by atoms with E-state index in [2.05, 4.69) is 27.0 Å². The molecule has 1 amide bonds. The van der Waals surface area contributed by atoms with Crippen LogP contribution in [0.1, 0.15) is 17.3 Å². The molecule has 1 aromatic rings. The van der Waals surface area contributed by atoms with Crippen LogP contribution in [0.5, 0.6) is 0 Å². The van der Waals surface area contributed by atoms with Crippen molar-refractivity contribution in [3.63, 3.8) is 0 Å². The molecule has 90 valence electrons. The summed E-state index contributed by atoms with van der Waals surface area (Å²) in [6.45, 7) is 2.11. The molecule has 4 nitrogen and oxygen atoms in total. The second-order valence-corrected chi connectivity index (χ2v) is 4.98. The summed E-state index contributed by atoms with van der Waals surface area (Å²) in [6, 6.07) is 3.69. The van der Waals surface area contributed by atoms with Gasteiger partial charge in [-0.05, 0) is 28.9 Å². The van der Waals surface area contributed by atoms with Crippen LogP contribution < -0.4 is 0 Å². The van der Waals surface area contributed by atoms with Crippen LogP contribution in [0.2, 0.25) is 5.15 Å². The molecule has 0 bridgehead atoms. The quantitative estimate of drug-likeness (QED) is 0.806. The van der Waals surface area contributed by atoms with Gasteiger partial charge in [-0.3, -0.25) is 4.79 Å². The van der Waals surface area contributed by atoms with Gasteiger partial charge in [0.15, 0.2) is 0 Å². The van der Waals surface area contributed by atoms with E-state index >= 15 is 0 Å². The first-order chi connectivity index (χ1) is 7.95. The Bertz CT molecular complexity index is 472. The topological polar surface area (TPSA) is 57.0 Å². The third kappa shape index (κ3) is 3.69. The van der Waals surface area contributed by atoms with E-state index in [4.69, 9.17) is 16.9 Å². The molecular weight excluding hydrogens is 305 g/mol. The van der Waals surface area contributed by atoms with Gasteiger partial charge in [0.2, 0.25) is 0 Å². The van der Waals surface area contributed by atoms with Crippen molar-refractivity contribution in [3.8, 4) is 6.07 Å². The van der Waals surface area contributed by atoms with E-state index in [9.17, 15) is 4.79 Å². The molecule has 0 saturated carbocycles. The van der Waals surface area contributed by atoms with Crippen LogP contribution in [0.4, 0.5) is 0 Å². The molecule has 1 atom stereocenters. The van der Waals surface area contributed by atoms with Gasteiger partial charge in [0, 0.05) is 24.3 Å². The Morgan fingerprint density at radius 3 is 3.00 bits per heavy atom. The monoisotopic (exact) mass is 315 g/mol. The summed E-state index contributed by atoms with van der Waals surface area (Å²) in [6.07, 6.45) is 1.52. The second kappa shape index (κ2) is 5.99. The average molecular weight is 317 g/mol. The second-order valence-electron chi connectivity index (χ2n) is 3.71. The Morgan fingerprint density at radius 2 is 2.41 bits per heavy atom. The van der Waals surface area contributed by atoms with Gasteiger partial charge >= 0.3 is 0 Å². The van der Waals surface area contributed by atoms with Crippen LogP contribution in [-0.2, 0) is 0 Å². The molecular formula is C11H11BrClN3O. The van der Waals surface area contributed by atoms with Gasteiger partial charge in [-0.2, -0.15) is 5.26 Å². The lowest BCUT2D eigenvalue weighted by Gasteiger charge is -2.18. The maximum Gasteiger partial charge on any atom is 0.256 e. The summed E-state index contributed by atoms with van der Waals surface area (Å²) in [5, 5.41) is 8.86. The maximum atomic E-state index is 12.0. The SMILES string of the molecule is CC(C#N)CN(C)C(=O)c1cc(Br)cnc1Cl. The van der Waals surface area contributed by atoms with E-state index in [-0.39, 0.29) is 17.0 Å². The summed E-state index contributed by atoms with van der Waals surface area (Å²) < 4.78 is 0.687. The highest BCUT2D eigenvalue weighted by Gasteiger charge is 2.18. The van der Waals surface area contributed by atoms with E-state index in [1.54, 1.807) is 20.0 Å². The molecule has 1 heterocycles. The van der Waals surface area contributed by atoms with Crippen molar-refractivity contribution in [1.29, 1.82) is 5.26 Å². The highest BCUT2D eigenvalue weighted by atomic mass is 79.9. The fourth-order valence-corrected chi connectivity index (χ4v) is 1.83. The van der Waals surface area contributed by atoms with Crippen molar-refractivity contribution in [2.24, 2.45) is 5.92 Å². The number of nitriles is 1. The van der Waals surface area contributed by atoms with E-state index in [0.29, 0.717) is 16.6 Å². The molecule has 1 rings (SSSR count). The molecule has 0 radical (unpaired) electrons. The lowest BCUT2D eigenvalue weighted by atomic mass is 10.2. The minimum Gasteiger partial charge on any atom is -0.340 e. The van der Waals surface area contributed by atoms with Gasteiger partial charge in [-0.25, -0.2) is 4.98 Å². The minimum atomic E-state index is -0.245. The zero-order valence-corrected chi connectivity index (χ0v) is 11.8. The van der Waals surface area contributed by atoms with Crippen molar-refractivity contribution in [2.75, 3.05) is 13.6 Å². The number of hydrogen-bond acceptors (Lipinski definition) is 3. The molecule has 0 fully saturated rings. The molecule has 1 aromatic heterocycles. The van der Waals surface area contributed by atoms with Gasteiger partial charge in [0.1, 0.15) is 5.15 Å². The minimum absolute atomic E-state index is 0.162. The molecule has 0 aliphatic heterocycles. The van der Waals surface area contributed by atoms with Crippen molar-refractivity contribution in [1.82, 2.24) is 9.88 Å². The van der Waals surface area contributed by atoms with Crippen molar-refractivity contribution >= 4 is 33.4 Å². The molecule has 6 heteroatoms. The lowest BCUT2D eigenvalue weighted by molar-refractivity contribution is 0.0785. The number of hydrogen-bond donors (Lipinski definition) is 0. The molecule has 0 N–H and O–H groups in total. The summed E-state index contributed by atoms with van der Waals surface area (Å²) in [5.41, 5.74) is 0.327. The van der Waals surface area contributed by atoms with E-state index < -0.39 is 0 Å². The first-order valence-electron chi connectivity index (χ1n) is 4.91. The van der Waals surface area contributed by atoms with Gasteiger partial charge in [-0.1, -0.05) is 11.6 Å². The standard InChI is InChI=1S/C11H11BrClN3O/c1-7(4-14)6-16(2)11(17)9-3-8(12)5-15-10(9)13/h3,5,7H,6H2,1-2H3. The van der Waals surface area contributed by atoms with E-state index in [0.717, 1.165) is 0 Å². The Kier molecular flexibility index (Phi) is 4.91. The molecule has 0 aromatic carbocycles. The van der Waals surface area contributed by atoms with Crippen molar-refractivity contribution in [3.05, 3.63) is 27.5 Å². The molecule has 0 saturated heterocycles. The summed E-state index contributed by atoms with van der Waals surface area (Å²) >= 11 is 9.10. The van der Waals surface area contributed by atoms with Crippen molar-refractivity contribution in [2.45, 2.75) is 6.92 Å². The van der Waals surface area contributed by atoms with Crippen LogP contribution in [0, 0.1) is 17.2 Å². The number of carbonyl (C=O) groups is 1. The van der Waals surface area contributed by atoms with E-state index in [1.807, 2.05) is 0 Å². The average Bonchev–Trinajstić information content (AvgIpc) is 2.31. The molecule has 0 aliphatic carbocycles. The summed E-state index contributed by atoms with van der Waals surface area (Å²) in [5.74, 6) is -0.464. The van der Waals surface area contributed by atoms with E-state index in [1.165, 1.54) is 11.1 Å². The fraction of sp³-hybridized carbons (Fsp3) is 0.364. The Hall–Kier alpha value is -1.12. The van der Waals surface area contributed by atoms with Crippen LogP contribution in [-0.4, -0.2) is 29.4 Å². The van der Waals surface area contributed by atoms with Gasteiger partial charge in [0.25, 0.3) is 5.91 Å². The first-order valence-corrected chi connectivity index (χ1v) is 6.09. The Labute approximate surface area is 113 Å². The Balaban J connectivity index is 2.89. The zero-order chi connectivity index (χ0) is 13.0. The third-order valence-corrected chi connectivity index (χ3v) is 2.89. The fourth-order valence-electron chi connectivity index (χ4n) is 1.31. The van der Waals surface area contributed by atoms with Crippen LogP contribution in [0.15, 0.2) is 16.7 Å². The normalized spacial score (nSPS) is 11.7. The van der Waals surface area contributed by atoms with Crippen LogP contribution >= 0.6 is 27.5 Å². The van der Waals surface area contributed by atoms with Gasteiger partial charge < -0.3 is 4.90 Å². The number of amides is 1. The highest BCUT2D eigenvalue weighted by Crippen LogP contribution is 2.19. The molecule has 17 heavy (non-hydrogen) atoms. The van der Waals surface area contributed by atoms with Crippen LogP contribution in [0.25, 0.3) is 0 Å². The molecule has 1 unspecified atom stereocenters. The predicted molar refractivity (Wildman–Crippen MR) is 68.7 cm³/mol. The summed E-state index contributed by atoms with van der Waals surface area (Å²) in [7, 11) is 1.63. The first kappa shape index (κ1) is 13.9.